The molecule has 0 saturated carbocycles. The monoisotopic (exact) mass is 500 g/mol. The molecule has 0 spiro atoms. The van der Waals surface area contributed by atoms with Gasteiger partial charge in [0, 0.05) is 38.0 Å². The van der Waals surface area contributed by atoms with Crippen molar-refractivity contribution < 1.29 is 9.15 Å². The number of hydrogen-bond acceptors (Lipinski definition) is 10. The van der Waals surface area contributed by atoms with Gasteiger partial charge in [-0.2, -0.15) is 4.98 Å². The lowest BCUT2D eigenvalue weighted by atomic mass is 10.0. The number of aryl methyl sites for hydroxylation is 2. The normalized spacial score (nSPS) is 21.5. The van der Waals surface area contributed by atoms with Crippen LogP contribution in [0.4, 0.5) is 11.7 Å². The van der Waals surface area contributed by atoms with E-state index in [0.717, 1.165) is 83.2 Å². The zero-order valence-electron chi connectivity index (χ0n) is 21.4. The van der Waals surface area contributed by atoms with Gasteiger partial charge in [-0.1, -0.05) is 18.2 Å². The van der Waals surface area contributed by atoms with Crippen LogP contribution in [-0.4, -0.2) is 72.6 Å². The van der Waals surface area contributed by atoms with Crippen molar-refractivity contribution in [3.8, 4) is 0 Å². The van der Waals surface area contributed by atoms with E-state index < -0.39 is 6.17 Å². The van der Waals surface area contributed by atoms with Crippen LogP contribution in [0.3, 0.4) is 0 Å². The predicted molar refractivity (Wildman–Crippen MR) is 146 cm³/mol. The number of nitrogens with zero attached hydrogens (tertiary/aromatic N) is 5. The summed E-state index contributed by atoms with van der Waals surface area (Å²) in [6.07, 6.45) is 2.14. The fourth-order valence-corrected chi connectivity index (χ4v) is 5.33. The molecule has 2 unspecified atom stereocenters. The molecule has 3 aromatic rings. The molecule has 1 aromatic heterocycles. The van der Waals surface area contributed by atoms with Gasteiger partial charge in [-0.15, -0.1) is 0 Å². The third kappa shape index (κ3) is 4.48. The molecule has 192 valence electrons. The highest BCUT2D eigenvalue weighted by Gasteiger charge is 2.39. The molecule has 0 bridgehead atoms. The van der Waals surface area contributed by atoms with Crippen molar-refractivity contribution >= 4 is 40.7 Å². The Hall–Kier alpha value is -3.73. The molecule has 1 saturated heterocycles. The van der Waals surface area contributed by atoms with Crippen LogP contribution in [0.2, 0.25) is 0 Å². The van der Waals surface area contributed by atoms with Gasteiger partial charge in [-0.3, -0.25) is 15.3 Å². The van der Waals surface area contributed by atoms with Gasteiger partial charge >= 0.3 is 0 Å². The lowest BCUT2D eigenvalue weighted by molar-refractivity contribution is 0.156. The zero-order valence-corrected chi connectivity index (χ0v) is 21.4. The molecule has 0 radical (unpaired) electrons. The number of aromatic nitrogens is 1. The van der Waals surface area contributed by atoms with Gasteiger partial charge in [0.2, 0.25) is 0 Å². The van der Waals surface area contributed by atoms with Crippen molar-refractivity contribution in [1.29, 1.82) is 0 Å². The number of fused-ring (bicyclic) bond motifs is 2. The molecule has 2 aromatic carbocycles. The van der Waals surface area contributed by atoms with E-state index in [9.17, 15) is 0 Å². The summed E-state index contributed by atoms with van der Waals surface area (Å²) in [6, 6.07) is 13.0. The van der Waals surface area contributed by atoms with Gasteiger partial charge < -0.3 is 20.2 Å². The summed E-state index contributed by atoms with van der Waals surface area (Å²) < 4.78 is 11.2. The standard InChI is InChI=1S/C27H32N8O2/c1-16-12-17(2)24-21(13-16)32-27(37-24)31-19-6-4-18(5-7-19)23-22-25(28)29-15-30-26(22)35(33-23)20-8-9-34(14-20)10-11-36-3/h4-7,12-13,15,20,25,33H,8-11,14,28H2,1-3H3,(H,31,32). The highest BCUT2D eigenvalue weighted by atomic mass is 16.5. The van der Waals surface area contributed by atoms with Crippen molar-refractivity contribution in [3.63, 3.8) is 0 Å². The number of nitrogens with two attached hydrogens (primary N) is 1. The highest BCUT2D eigenvalue weighted by molar-refractivity contribution is 6.12. The lowest BCUT2D eigenvalue weighted by Gasteiger charge is -2.28. The van der Waals surface area contributed by atoms with E-state index in [4.69, 9.17) is 14.9 Å². The summed E-state index contributed by atoms with van der Waals surface area (Å²) in [5.74, 6) is 0.857. The van der Waals surface area contributed by atoms with E-state index in [-0.39, 0.29) is 6.04 Å². The molecule has 4 heterocycles. The maximum atomic E-state index is 6.43. The smallest absolute Gasteiger partial charge is 0.300 e. The highest BCUT2D eigenvalue weighted by Crippen LogP contribution is 2.32. The Kier molecular flexibility index (Phi) is 6.15. The minimum Gasteiger partial charge on any atom is -0.423 e. The number of ether oxygens (including phenoxy) is 1. The van der Waals surface area contributed by atoms with Crippen LogP contribution in [0.5, 0.6) is 0 Å². The number of anilines is 2. The summed E-state index contributed by atoms with van der Waals surface area (Å²) in [5, 5.41) is 5.45. The summed E-state index contributed by atoms with van der Waals surface area (Å²) in [4.78, 5) is 16.0. The van der Waals surface area contributed by atoms with Crippen LogP contribution in [0.1, 0.15) is 23.1 Å². The quantitative estimate of drug-likeness (QED) is 0.453. The van der Waals surface area contributed by atoms with Gasteiger partial charge in [0.05, 0.1) is 23.9 Å². The molecule has 0 amide bonds. The predicted octanol–water partition coefficient (Wildman–Crippen LogP) is 3.17. The summed E-state index contributed by atoms with van der Waals surface area (Å²) in [6.45, 7) is 7.72. The molecular weight excluding hydrogens is 468 g/mol. The van der Waals surface area contributed by atoms with Gasteiger partial charge in [0.15, 0.2) is 11.4 Å². The van der Waals surface area contributed by atoms with Crippen LogP contribution in [0, 0.1) is 13.8 Å². The largest absolute Gasteiger partial charge is 0.423 e. The topological polar surface area (TPSA) is 117 Å². The fourth-order valence-electron chi connectivity index (χ4n) is 5.33. The summed E-state index contributed by atoms with van der Waals surface area (Å²) in [7, 11) is 1.74. The second-order valence-electron chi connectivity index (χ2n) is 9.82. The number of aliphatic imine (C=N–C) groups is 2. The van der Waals surface area contributed by atoms with Gasteiger partial charge in [-0.25, -0.2) is 9.98 Å². The molecule has 1 fully saturated rings. The maximum absolute atomic E-state index is 6.43. The molecule has 37 heavy (non-hydrogen) atoms. The van der Waals surface area contributed by atoms with Crippen molar-refractivity contribution in [2.45, 2.75) is 32.5 Å². The maximum Gasteiger partial charge on any atom is 0.300 e. The zero-order chi connectivity index (χ0) is 25.5. The lowest BCUT2D eigenvalue weighted by Crippen LogP contribution is -2.47. The van der Waals surface area contributed by atoms with Crippen LogP contribution in [0.15, 0.2) is 56.4 Å². The Balaban J connectivity index is 1.22. The number of nitrogens with one attached hydrogen (secondary N) is 2. The van der Waals surface area contributed by atoms with Gasteiger partial charge in [0.1, 0.15) is 18.0 Å². The van der Waals surface area contributed by atoms with Gasteiger partial charge in [-0.05, 0) is 49.6 Å². The number of oxazole rings is 1. The Labute approximate surface area is 215 Å². The first-order valence-electron chi connectivity index (χ1n) is 12.6. The van der Waals surface area contributed by atoms with Crippen molar-refractivity contribution in [2.24, 2.45) is 15.7 Å². The van der Waals surface area contributed by atoms with E-state index in [1.807, 2.05) is 25.1 Å². The molecule has 6 rings (SSSR count). The second-order valence-corrected chi connectivity index (χ2v) is 9.82. The first-order chi connectivity index (χ1) is 18.0. The van der Waals surface area contributed by atoms with E-state index in [1.54, 1.807) is 13.4 Å². The molecule has 10 nitrogen and oxygen atoms in total. The van der Waals surface area contributed by atoms with E-state index in [1.165, 1.54) is 0 Å². The molecule has 3 aliphatic heterocycles. The SMILES string of the molecule is COCCN1CCC(N2NC(c3ccc(Nc4nc5cc(C)cc(C)c5o4)cc3)=C3C2=NC=NC3N)C1. The number of amidine groups is 1. The van der Waals surface area contributed by atoms with Crippen LogP contribution < -0.4 is 16.5 Å². The van der Waals surface area contributed by atoms with E-state index >= 15 is 0 Å². The molecule has 10 heteroatoms. The summed E-state index contributed by atoms with van der Waals surface area (Å²) in [5.41, 5.74) is 17.7. The Morgan fingerprint density at radius 2 is 2.05 bits per heavy atom. The van der Waals surface area contributed by atoms with E-state index in [2.05, 4.69) is 60.7 Å². The number of hydrogen-bond donors (Lipinski definition) is 3. The average Bonchev–Trinajstić information content (AvgIpc) is 3.60. The van der Waals surface area contributed by atoms with Crippen LogP contribution >= 0.6 is 0 Å². The van der Waals surface area contributed by atoms with Gasteiger partial charge in [0.25, 0.3) is 6.01 Å². The number of hydrazine groups is 1. The third-order valence-corrected chi connectivity index (χ3v) is 7.14. The second kappa shape index (κ2) is 9.62. The third-order valence-electron chi connectivity index (χ3n) is 7.14. The van der Waals surface area contributed by atoms with Crippen molar-refractivity contribution in [3.05, 3.63) is 58.7 Å². The number of rotatable bonds is 7. The molecular formula is C27H32N8O2. The molecule has 2 atom stereocenters. The van der Waals surface area contributed by atoms with Crippen LogP contribution in [-0.2, 0) is 4.74 Å². The summed E-state index contributed by atoms with van der Waals surface area (Å²) >= 11 is 0. The van der Waals surface area contributed by atoms with E-state index in [0.29, 0.717) is 6.01 Å². The molecule has 3 aliphatic rings. The first kappa shape index (κ1) is 23.7. The van der Waals surface area contributed by atoms with Crippen LogP contribution in [0.25, 0.3) is 16.8 Å². The number of methoxy groups -OCH3 is 1. The Bertz CT molecular complexity index is 1410. The Morgan fingerprint density at radius 1 is 1.22 bits per heavy atom. The number of likely N-dealkylation sites (tertiary alicyclic amines) is 1. The number of benzene rings is 2. The minimum absolute atomic E-state index is 0.286. The molecule has 0 aliphatic carbocycles. The fraction of sp³-hybridized carbons (Fsp3) is 0.370. The van der Waals surface area contributed by atoms with Crippen molar-refractivity contribution in [2.75, 3.05) is 38.7 Å². The average molecular weight is 501 g/mol. The van der Waals surface area contributed by atoms with Crippen molar-refractivity contribution in [1.82, 2.24) is 20.3 Å². The minimum atomic E-state index is -0.463. The molecule has 4 N–H and O–H groups in total. The Morgan fingerprint density at radius 3 is 2.86 bits per heavy atom. The first-order valence-corrected chi connectivity index (χ1v) is 12.6.